The summed E-state index contributed by atoms with van der Waals surface area (Å²) >= 11 is 3.27. The largest absolute Gasteiger partial charge is 0.383 e. The fraction of sp³-hybridized carbons (Fsp3) is 0.533. The number of halogens is 1. The van der Waals surface area contributed by atoms with E-state index in [1.54, 1.807) is 6.07 Å². The number of nitrogens with one attached hydrogen (secondary N) is 2. The van der Waals surface area contributed by atoms with Crippen molar-refractivity contribution in [3.05, 3.63) is 28.2 Å². The van der Waals surface area contributed by atoms with Gasteiger partial charge >= 0.3 is 0 Å². The van der Waals surface area contributed by atoms with Crippen molar-refractivity contribution in [2.45, 2.75) is 18.2 Å². The number of hydrogen-bond acceptors (Lipinski definition) is 5. The average Bonchev–Trinajstić information content (AvgIpc) is 2.54. The first-order chi connectivity index (χ1) is 11.4. The summed E-state index contributed by atoms with van der Waals surface area (Å²) in [7, 11) is -2.20. The Morgan fingerprint density at radius 3 is 2.67 bits per heavy atom. The summed E-state index contributed by atoms with van der Waals surface area (Å²) in [5.74, 6) is -0.340. The van der Waals surface area contributed by atoms with Crippen molar-refractivity contribution in [1.82, 2.24) is 10.0 Å². The van der Waals surface area contributed by atoms with Gasteiger partial charge in [-0.3, -0.25) is 4.79 Å². The van der Waals surface area contributed by atoms with Gasteiger partial charge in [-0.15, -0.1) is 0 Å². The van der Waals surface area contributed by atoms with Crippen LogP contribution in [-0.2, 0) is 19.5 Å². The third-order valence-electron chi connectivity index (χ3n) is 3.05. The molecule has 0 bridgehead atoms. The molecule has 0 heterocycles. The standard InChI is InChI=1S/C15H23BrN2O5S/c1-3-23-9-4-7-17-15(19)13-11-12(5-6-14(13)16)24(20,21)18-8-10-22-2/h5-6,11,18H,3-4,7-10H2,1-2H3,(H,17,19). The van der Waals surface area contributed by atoms with E-state index in [-0.39, 0.29) is 29.5 Å². The van der Waals surface area contributed by atoms with Crippen LogP contribution < -0.4 is 10.0 Å². The van der Waals surface area contributed by atoms with E-state index in [9.17, 15) is 13.2 Å². The van der Waals surface area contributed by atoms with Gasteiger partial charge in [-0.05, 0) is 47.5 Å². The molecule has 24 heavy (non-hydrogen) atoms. The Kier molecular flexibility index (Phi) is 9.45. The van der Waals surface area contributed by atoms with E-state index in [1.807, 2.05) is 6.92 Å². The minimum Gasteiger partial charge on any atom is -0.383 e. The van der Waals surface area contributed by atoms with Crippen molar-refractivity contribution in [2.24, 2.45) is 0 Å². The van der Waals surface area contributed by atoms with Crippen molar-refractivity contribution in [1.29, 1.82) is 0 Å². The molecule has 0 fully saturated rings. The van der Waals surface area contributed by atoms with Crippen LogP contribution in [-0.4, -0.2) is 54.3 Å². The maximum Gasteiger partial charge on any atom is 0.252 e. The number of carbonyl (C=O) groups is 1. The van der Waals surface area contributed by atoms with Gasteiger partial charge in [-0.2, -0.15) is 0 Å². The zero-order valence-electron chi connectivity index (χ0n) is 13.8. The molecule has 9 heteroatoms. The van der Waals surface area contributed by atoms with Crippen LogP contribution in [0.4, 0.5) is 0 Å². The molecule has 0 saturated heterocycles. The number of rotatable bonds is 11. The molecule has 2 N–H and O–H groups in total. The predicted molar refractivity (Wildman–Crippen MR) is 94.6 cm³/mol. The lowest BCUT2D eigenvalue weighted by molar-refractivity contribution is 0.0943. The molecule has 136 valence electrons. The quantitative estimate of drug-likeness (QED) is 0.527. The molecule has 1 aromatic carbocycles. The van der Waals surface area contributed by atoms with Crippen molar-refractivity contribution in [3.8, 4) is 0 Å². The maximum absolute atomic E-state index is 12.2. The molecule has 0 saturated carbocycles. The Morgan fingerprint density at radius 2 is 2.00 bits per heavy atom. The molecule has 1 rings (SSSR count). The van der Waals surface area contributed by atoms with Crippen LogP contribution in [0.5, 0.6) is 0 Å². The first-order valence-corrected chi connectivity index (χ1v) is 9.84. The van der Waals surface area contributed by atoms with Crippen molar-refractivity contribution < 1.29 is 22.7 Å². The molecule has 7 nitrogen and oxygen atoms in total. The van der Waals surface area contributed by atoms with E-state index >= 15 is 0 Å². The molecule has 0 aromatic heterocycles. The molecule has 1 amide bonds. The van der Waals surface area contributed by atoms with Gasteiger partial charge in [0.15, 0.2) is 0 Å². The van der Waals surface area contributed by atoms with Gasteiger partial charge in [0, 0.05) is 37.9 Å². The highest BCUT2D eigenvalue weighted by Gasteiger charge is 2.18. The van der Waals surface area contributed by atoms with Crippen LogP contribution in [0.1, 0.15) is 23.7 Å². The topological polar surface area (TPSA) is 93.7 Å². The highest BCUT2D eigenvalue weighted by atomic mass is 79.9. The first-order valence-electron chi connectivity index (χ1n) is 7.56. The zero-order valence-corrected chi connectivity index (χ0v) is 16.2. The lowest BCUT2D eigenvalue weighted by Crippen LogP contribution is -2.28. The molecule has 0 radical (unpaired) electrons. The monoisotopic (exact) mass is 422 g/mol. The smallest absolute Gasteiger partial charge is 0.252 e. The number of sulfonamides is 1. The second-order valence-corrected chi connectivity index (χ2v) is 7.46. The Bertz CT molecular complexity index is 637. The normalized spacial score (nSPS) is 11.5. The number of benzene rings is 1. The van der Waals surface area contributed by atoms with Crippen LogP contribution in [0.2, 0.25) is 0 Å². The predicted octanol–water partition coefficient (Wildman–Crippen LogP) is 1.53. The molecule has 0 atom stereocenters. The number of methoxy groups -OCH3 is 1. The second-order valence-electron chi connectivity index (χ2n) is 4.84. The second kappa shape index (κ2) is 10.8. The van der Waals surface area contributed by atoms with Crippen LogP contribution in [0.25, 0.3) is 0 Å². The number of ether oxygens (including phenoxy) is 2. The van der Waals surface area contributed by atoms with Crippen LogP contribution >= 0.6 is 15.9 Å². The highest BCUT2D eigenvalue weighted by molar-refractivity contribution is 9.10. The van der Waals surface area contributed by atoms with Gasteiger partial charge in [0.05, 0.1) is 17.1 Å². The zero-order chi connectivity index (χ0) is 18.0. The summed E-state index contributed by atoms with van der Waals surface area (Å²) < 4.78 is 37.3. The maximum atomic E-state index is 12.2. The molecular weight excluding hydrogens is 400 g/mol. The molecular formula is C15H23BrN2O5S. The molecule has 0 spiro atoms. The van der Waals surface area contributed by atoms with E-state index in [4.69, 9.17) is 9.47 Å². The first kappa shape index (κ1) is 21.0. The van der Waals surface area contributed by atoms with E-state index in [0.29, 0.717) is 30.7 Å². The van der Waals surface area contributed by atoms with Crippen molar-refractivity contribution in [2.75, 3.05) is 40.0 Å². The number of amides is 1. The van der Waals surface area contributed by atoms with E-state index in [1.165, 1.54) is 19.2 Å². The fourth-order valence-corrected chi connectivity index (χ4v) is 3.29. The summed E-state index contributed by atoms with van der Waals surface area (Å²) in [5, 5.41) is 2.75. The highest BCUT2D eigenvalue weighted by Crippen LogP contribution is 2.21. The molecule has 0 aliphatic rings. The summed E-state index contributed by atoms with van der Waals surface area (Å²) in [5.41, 5.74) is 0.265. The van der Waals surface area contributed by atoms with Gasteiger partial charge in [-0.1, -0.05) is 0 Å². The Morgan fingerprint density at radius 1 is 1.25 bits per heavy atom. The van der Waals surface area contributed by atoms with Gasteiger partial charge in [0.25, 0.3) is 5.91 Å². The lowest BCUT2D eigenvalue weighted by Gasteiger charge is -2.10. The van der Waals surface area contributed by atoms with Crippen molar-refractivity contribution >= 4 is 31.9 Å². The summed E-state index contributed by atoms with van der Waals surface area (Å²) in [6, 6.07) is 4.32. The molecule has 1 aromatic rings. The summed E-state index contributed by atoms with van der Waals surface area (Å²) in [6.07, 6.45) is 0.688. The minimum absolute atomic E-state index is 0.0290. The molecule has 0 aliphatic heterocycles. The van der Waals surface area contributed by atoms with Gasteiger partial charge in [0.1, 0.15) is 0 Å². The van der Waals surface area contributed by atoms with Gasteiger partial charge in [-0.25, -0.2) is 13.1 Å². The van der Waals surface area contributed by atoms with Crippen LogP contribution in [0.3, 0.4) is 0 Å². The Balaban J connectivity index is 2.76. The van der Waals surface area contributed by atoms with Crippen molar-refractivity contribution in [3.63, 3.8) is 0 Å². The third kappa shape index (κ3) is 6.86. The molecule has 0 aliphatic carbocycles. The third-order valence-corrected chi connectivity index (χ3v) is 5.20. The van der Waals surface area contributed by atoms with E-state index < -0.39 is 10.0 Å². The van der Waals surface area contributed by atoms with Crippen LogP contribution in [0.15, 0.2) is 27.6 Å². The van der Waals surface area contributed by atoms with Gasteiger partial charge in [0.2, 0.25) is 10.0 Å². The number of carbonyl (C=O) groups excluding carboxylic acids is 1. The Hall–Kier alpha value is -1.00. The Labute approximate surface area is 151 Å². The average molecular weight is 423 g/mol. The van der Waals surface area contributed by atoms with E-state index in [2.05, 4.69) is 26.0 Å². The SMILES string of the molecule is CCOCCCNC(=O)c1cc(S(=O)(=O)NCCOC)ccc1Br. The summed E-state index contributed by atoms with van der Waals surface area (Å²) in [4.78, 5) is 12.2. The minimum atomic E-state index is -3.69. The van der Waals surface area contributed by atoms with Crippen LogP contribution in [0, 0.1) is 0 Å². The fourth-order valence-electron chi connectivity index (χ4n) is 1.82. The number of hydrogen-bond donors (Lipinski definition) is 2. The molecule has 0 unspecified atom stereocenters. The van der Waals surface area contributed by atoms with Gasteiger partial charge < -0.3 is 14.8 Å². The summed E-state index contributed by atoms with van der Waals surface area (Å²) in [6.45, 7) is 3.98. The lowest BCUT2D eigenvalue weighted by atomic mass is 10.2. The van der Waals surface area contributed by atoms with E-state index in [0.717, 1.165) is 0 Å².